The van der Waals surface area contributed by atoms with E-state index in [4.69, 9.17) is 0 Å². The number of nitrogens with zero attached hydrogens (tertiary/aromatic N) is 2. The Balaban J connectivity index is 1.75. The number of nitrogens with one attached hydrogen (secondary N) is 1. The first kappa shape index (κ1) is 19.1. The maximum Gasteiger partial charge on any atom is 0.251 e. The number of hydrogen-bond donors (Lipinski definition) is 1. The topological polar surface area (TPSA) is 52.6 Å². The predicted octanol–water partition coefficient (Wildman–Crippen LogP) is 3.26. The Hall–Kier alpha value is -2.66. The van der Waals surface area contributed by atoms with E-state index in [0.29, 0.717) is 12.2 Å². The minimum atomic E-state index is -0.473. The lowest BCUT2D eigenvalue weighted by atomic mass is 10.1. The normalized spacial score (nSPS) is 16.9. The molecule has 1 unspecified atom stereocenters. The van der Waals surface area contributed by atoms with Gasteiger partial charge in [-0.25, -0.2) is 4.90 Å². The van der Waals surface area contributed by atoms with Gasteiger partial charge in [-0.2, -0.15) is 0 Å². The van der Waals surface area contributed by atoms with E-state index in [-0.39, 0.29) is 18.2 Å². The van der Waals surface area contributed by atoms with Gasteiger partial charge in [-0.3, -0.25) is 9.59 Å². The zero-order chi connectivity index (χ0) is 19.4. The molecule has 5 heteroatoms. The first-order valence-corrected chi connectivity index (χ1v) is 9.54. The van der Waals surface area contributed by atoms with Gasteiger partial charge in [-0.15, -0.1) is 0 Å². The highest BCUT2D eigenvalue weighted by Gasteiger charge is 2.39. The number of imide groups is 1. The van der Waals surface area contributed by atoms with Crippen LogP contribution in [-0.2, 0) is 16.1 Å². The second-order valence-electron chi connectivity index (χ2n) is 6.83. The molecule has 3 rings (SSSR count). The molecule has 1 aliphatic heterocycles. The molecule has 1 aliphatic rings. The summed E-state index contributed by atoms with van der Waals surface area (Å²) < 4.78 is 0. The molecule has 1 saturated heterocycles. The van der Waals surface area contributed by atoms with Crippen molar-refractivity contribution in [2.75, 3.05) is 22.9 Å². The fraction of sp³-hybridized carbons (Fsp3) is 0.364. The van der Waals surface area contributed by atoms with Gasteiger partial charge in [-0.05, 0) is 50.1 Å². The average Bonchev–Trinajstić information content (AvgIpc) is 2.96. The van der Waals surface area contributed by atoms with Crippen LogP contribution in [0.3, 0.4) is 0 Å². The van der Waals surface area contributed by atoms with Crippen molar-refractivity contribution in [1.82, 2.24) is 5.32 Å². The lowest BCUT2D eigenvalue weighted by molar-refractivity contribution is -0.121. The van der Waals surface area contributed by atoms with E-state index < -0.39 is 6.04 Å². The summed E-state index contributed by atoms with van der Waals surface area (Å²) in [6.45, 7) is 8.59. The quantitative estimate of drug-likeness (QED) is 0.765. The summed E-state index contributed by atoms with van der Waals surface area (Å²) in [5.74, 6) is -0.320. The monoisotopic (exact) mass is 365 g/mol. The molecule has 27 heavy (non-hydrogen) atoms. The molecule has 1 heterocycles. The minimum absolute atomic E-state index is 0.149. The molecule has 5 nitrogen and oxygen atoms in total. The van der Waals surface area contributed by atoms with Crippen LogP contribution in [0.5, 0.6) is 0 Å². The first-order chi connectivity index (χ1) is 13.0. The van der Waals surface area contributed by atoms with Crippen molar-refractivity contribution in [3.63, 3.8) is 0 Å². The lowest BCUT2D eigenvalue weighted by Crippen LogP contribution is -2.38. The van der Waals surface area contributed by atoms with Gasteiger partial charge in [0.05, 0.1) is 18.2 Å². The minimum Gasteiger partial charge on any atom is -0.372 e. The van der Waals surface area contributed by atoms with Gasteiger partial charge in [-0.1, -0.05) is 30.3 Å². The molecule has 0 radical (unpaired) electrons. The van der Waals surface area contributed by atoms with Crippen LogP contribution in [0.15, 0.2) is 48.5 Å². The summed E-state index contributed by atoms with van der Waals surface area (Å²) in [5, 5.41) is 3.22. The maximum atomic E-state index is 12.9. The molecule has 0 aromatic heterocycles. The molecule has 0 spiro atoms. The molecule has 0 bridgehead atoms. The Morgan fingerprint density at radius 1 is 1.07 bits per heavy atom. The van der Waals surface area contributed by atoms with Crippen LogP contribution in [0.4, 0.5) is 11.4 Å². The number of hydrogen-bond acceptors (Lipinski definition) is 4. The summed E-state index contributed by atoms with van der Waals surface area (Å²) in [4.78, 5) is 29.0. The smallest absolute Gasteiger partial charge is 0.251 e. The van der Waals surface area contributed by atoms with E-state index in [1.54, 1.807) is 0 Å². The Labute approximate surface area is 161 Å². The second-order valence-corrected chi connectivity index (χ2v) is 6.83. The summed E-state index contributed by atoms with van der Waals surface area (Å²) in [7, 11) is 0. The van der Waals surface area contributed by atoms with Crippen molar-refractivity contribution in [3.05, 3.63) is 59.7 Å². The third-order valence-electron chi connectivity index (χ3n) is 5.09. The summed E-state index contributed by atoms with van der Waals surface area (Å²) >= 11 is 0. The van der Waals surface area contributed by atoms with Crippen molar-refractivity contribution < 1.29 is 9.59 Å². The van der Waals surface area contributed by atoms with Gasteiger partial charge < -0.3 is 10.2 Å². The fourth-order valence-electron chi connectivity index (χ4n) is 3.56. The zero-order valence-corrected chi connectivity index (χ0v) is 16.2. The predicted molar refractivity (Wildman–Crippen MR) is 109 cm³/mol. The molecule has 142 valence electrons. The van der Waals surface area contributed by atoms with Crippen molar-refractivity contribution in [2.24, 2.45) is 0 Å². The summed E-state index contributed by atoms with van der Waals surface area (Å²) in [6, 6.07) is 15.3. The van der Waals surface area contributed by atoms with Crippen molar-refractivity contribution in [3.8, 4) is 0 Å². The molecule has 2 aromatic carbocycles. The number of rotatable bonds is 7. The van der Waals surface area contributed by atoms with Crippen LogP contribution in [0, 0.1) is 6.92 Å². The maximum absolute atomic E-state index is 12.9. The van der Waals surface area contributed by atoms with Crippen molar-refractivity contribution >= 4 is 23.2 Å². The highest BCUT2D eigenvalue weighted by Crippen LogP contribution is 2.29. The van der Waals surface area contributed by atoms with Gasteiger partial charge in [0.2, 0.25) is 5.91 Å². The number of anilines is 2. The Morgan fingerprint density at radius 3 is 2.41 bits per heavy atom. The van der Waals surface area contributed by atoms with Crippen LogP contribution in [-0.4, -0.2) is 30.9 Å². The zero-order valence-electron chi connectivity index (χ0n) is 16.2. The molecule has 2 aromatic rings. The van der Waals surface area contributed by atoms with Gasteiger partial charge in [0, 0.05) is 25.3 Å². The lowest BCUT2D eigenvalue weighted by Gasteiger charge is -2.24. The van der Waals surface area contributed by atoms with Crippen LogP contribution in [0.1, 0.15) is 31.4 Å². The van der Waals surface area contributed by atoms with Crippen LogP contribution < -0.4 is 15.1 Å². The fourth-order valence-corrected chi connectivity index (χ4v) is 3.56. The van der Waals surface area contributed by atoms with E-state index in [1.165, 1.54) is 4.90 Å². The van der Waals surface area contributed by atoms with Crippen LogP contribution in [0.25, 0.3) is 0 Å². The van der Waals surface area contributed by atoms with Gasteiger partial charge >= 0.3 is 0 Å². The Kier molecular flexibility index (Phi) is 5.91. The number of aryl methyl sites for hydroxylation is 1. The number of carbonyl (C=O) groups is 2. The molecule has 2 amide bonds. The number of carbonyl (C=O) groups excluding carboxylic acids is 2. The third kappa shape index (κ3) is 4.03. The molecule has 1 N–H and O–H groups in total. The van der Waals surface area contributed by atoms with E-state index in [0.717, 1.165) is 29.9 Å². The Morgan fingerprint density at radius 2 is 1.78 bits per heavy atom. The van der Waals surface area contributed by atoms with Crippen LogP contribution in [0.2, 0.25) is 0 Å². The molecule has 1 atom stereocenters. The molecule has 0 saturated carbocycles. The van der Waals surface area contributed by atoms with E-state index >= 15 is 0 Å². The second kappa shape index (κ2) is 8.35. The highest BCUT2D eigenvalue weighted by atomic mass is 16.2. The van der Waals surface area contributed by atoms with Crippen molar-refractivity contribution in [2.45, 2.75) is 39.8 Å². The average molecular weight is 365 g/mol. The summed E-state index contributed by atoms with van der Waals surface area (Å²) in [5.41, 5.74) is 3.82. The van der Waals surface area contributed by atoms with E-state index in [9.17, 15) is 9.59 Å². The molecule has 1 fully saturated rings. The van der Waals surface area contributed by atoms with Crippen LogP contribution >= 0.6 is 0 Å². The van der Waals surface area contributed by atoms with Gasteiger partial charge in [0.15, 0.2) is 0 Å². The number of benzene rings is 2. The summed E-state index contributed by atoms with van der Waals surface area (Å²) in [6.07, 6.45) is 0.197. The van der Waals surface area contributed by atoms with E-state index in [2.05, 4.69) is 24.1 Å². The largest absolute Gasteiger partial charge is 0.372 e. The van der Waals surface area contributed by atoms with Crippen molar-refractivity contribution in [1.29, 1.82) is 0 Å². The highest BCUT2D eigenvalue weighted by molar-refractivity contribution is 6.22. The van der Waals surface area contributed by atoms with Gasteiger partial charge in [0.25, 0.3) is 5.91 Å². The van der Waals surface area contributed by atoms with Gasteiger partial charge in [0.1, 0.15) is 0 Å². The number of amides is 2. The first-order valence-electron chi connectivity index (χ1n) is 9.54. The van der Waals surface area contributed by atoms with E-state index in [1.807, 2.05) is 55.5 Å². The third-order valence-corrected chi connectivity index (χ3v) is 5.09. The molecule has 0 aliphatic carbocycles. The molecular formula is C22H27N3O2. The molecular weight excluding hydrogens is 338 g/mol. The standard InChI is InChI=1S/C22H27N3O2/c1-4-24(5-2)18-11-12-20(16(3)13-18)25-21(26)14-19(22(25)27)23-15-17-9-7-6-8-10-17/h6-13,19,23H,4-5,14-15H2,1-3H3. The SMILES string of the molecule is CCN(CC)c1ccc(N2C(=O)CC(NCc3ccccc3)C2=O)c(C)c1. The Bertz CT molecular complexity index is 816.